The molecule has 1 heterocycles. The van der Waals surface area contributed by atoms with Crippen molar-refractivity contribution in [2.24, 2.45) is 4.99 Å². The van der Waals surface area contributed by atoms with Gasteiger partial charge < -0.3 is 5.11 Å². The van der Waals surface area contributed by atoms with Gasteiger partial charge in [-0.05, 0) is 43.3 Å². The Morgan fingerprint density at radius 3 is 2.52 bits per heavy atom. The standard InChI is InChI=1S/C17H15N3O3S2/c1-12(15-4-2-3-5-16(15)21)19-13-6-8-14(9-7-13)25(22,23)20-17-18-10-11-24-17/h2-11,21H,1H3,(H,18,20). The Hall–Kier alpha value is -2.71. The molecule has 8 heteroatoms. The number of aromatic nitrogens is 1. The van der Waals surface area contributed by atoms with Crippen LogP contribution in [0.5, 0.6) is 5.75 Å². The van der Waals surface area contributed by atoms with E-state index >= 15 is 0 Å². The lowest BCUT2D eigenvalue weighted by Gasteiger charge is -2.06. The number of sulfonamides is 1. The van der Waals surface area contributed by atoms with E-state index < -0.39 is 10.0 Å². The second-order valence-electron chi connectivity index (χ2n) is 5.15. The second kappa shape index (κ2) is 7.04. The van der Waals surface area contributed by atoms with Gasteiger partial charge >= 0.3 is 0 Å². The number of nitrogens with one attached hydrogen (secondary N) is 1. The van der Waals surface area contributed by atoms with Gasteiger partial charge in [-0.1, -0.05) is 12.1 Å². The summed E-state index contributed by atoms with van der Waals surface area (Å²) in [5.74, 6) is 0.149. The van der Waals surface area contributed by atoms with Gasteiger partial charge in [0.2, 0.25) is 0 Å². The van der Waals surface area contributed by atoms with Crippen molar-refractivity contribution >= 4 is 37.9 Å². The molecule has 0 fully saturated rings. The minimum Gasteiger partial charge on any atom is -0.507 e. The molecule has 0 bridgehead atoms. The first-order chi connectivity index (χ1) is 12.0. The Labute approximate surface area is 149 Å². The quantitative estimate of drug-likeness (QED) is 0.666. The number of phenolic OH excluding ortho intramolecular Hbond substituents is 1. The molecule has 0 unspecified atom stereocenters. The number of para-hydroxylation sites is 1. The van der Waals surface area contributed by atoms with E-state index in [2.05, 4.69) is 14.7 Å². The Kier molecular flexibility index (Phi) is 4.82. The van der Waals surface area contributed by atoms with E-state index in [0.29, 0.717) is 22.1 Å². The molecule has 0 spiro atoms. The number of phenols is 1. The fraction of sp³-hybridized carbons (Fsp3) is 0.0588. The number of hydrogen-bond donors (Lipinski definition) is 2. The summed E-state index contributed by atoms with van der Waals surface area (Å²) in [6.45, 7) is 1.78. The van der Waals surface area contributed by atoms with Crippen LogP contribution in [0.3, 0.4) is 0 Å². The van der Waals surface area contributed by atoms with E-state index in [0.717, 1.165) is 0 Å². The minimum absolute atomic E-state index is 0.127. The lowest BCUT2D eigenvalue weighted by Crippen LogP contribution is -2.12. The third-order valence-electron chi connectivity index (χ3n) is 3.39. The van der Waals surface area contributed by atoms with E-state index in [1.165, 1.54) is 29.7 Å². The first-order valence-electron chi connectivity index (χ1n) is 7.32. The topological polar surface area (TPSA) is 91.7 Å². The summed E-state index contributed by atoms with van der Waals surface area (Å²) in [5.41, 5.74) is 1.85. The third kappa shape index (κ3) is 4.04. The predicted octanol–water partition coefficient (Wildman–Crippen LogP) is 3.79. The molecule has 0 saturated carbocycles. The smallest absolute Gasteiger partial charge is 0.263 e. The molecule has 128 valence electrons. The normalized spacial score (nSPS) is 12.1. The summed E-state index contributed by atoms with van der Waals surface area (Å²) in [6, 6.07) is 13.1. The fourth-order valence-electron chi connectivity index (χ4n) is 2.18. The zero-order valence-corrected chi connectivity index (χ0v) is 14.9. The van der Waals surface area contributed by atoms with Gasteiger partial charge in [0.15, 0.2) is 5.13 Å². The molecule has 2 aromatic carbocycles. The average molecular weight is 373 g/mol. The van der Waals surface area contributed by atoms with Crippen molar-refractivity contribution in [2.75, 3.05) is 4.72 Å². The Bertz CT molecular complexity index is 996. The van der Waals surface area contributed by atoms with E-state index in [9.17, 15) is 13.5 Å². The summed E-state index contributed by atoms with van der Waals surface area (Å²) < 4.78 is 27.0. The second-order valence-corrected chi connectivity index (χ2v) is 7.73. The van der Waals surface area contributed by atoms with Crippen molar-refractivity contribution in [3.63, 3.8) is 0 Å². The summed E-state index contributed by atoms with van der Waals surface area (Å²) in [6.07, 6.45) is 1.53. The molecule has 0 aliphatic heterocycles. The average Bonchev–Trinajstić information content (AvgIpc) is 3.08. The van der Waals surface area contributed by atoms with Crippen LogP contribution in [0.4, 0.5) is 10.8 Å². The maximum Gasteiger partial charge on any atom is 0.263 e. The van der Waals surface area contributed by atoms with Crippen molar-refractivity contribution < 1.29 is 13.5 Å². The zero-order valence-electron chi connectivity index (χ0n) is 13.2. The molecular formula is C17H15N3O3S2. The molecule has 0 radical (unpaired) electrons. The number of hydrogen-bond acceptors (Lipinski definition) is 6. The molecular weight excluding hydrogens is 358 g/mol. The molecule has 1 aromatic heterocycles. The van der Waals surface area contributed by atoms with Gasteiger partial charge in [-0.3, -0.25) is 9.71 Å². The van der Waals surface area contributed by atoms with Gasteiger partial charge in [-0.2, -0.15) is 0 Å². The van der Waals surface area contributed by atoms with Crippen LogP contribution in [0.15, 0.2) is 70.0 Å². The highest BCUT2D eigenvalue weighted by Gasteiger charge is 2.15. The third-order valence-corrected chi connectivity index (χ3v) is 5.56. The Morgan fingerprint density at radius 1 is 1.16 bits per heavy atom. The van der Waals surface area contributed by atoms with Crippen LogP contribution < -0.4 is 4.72 Å². The molecule has 0 saturated heterocycles. The monoisotopic (exact) mass is 373 g/mol. The van der Waals surface area contributed by atoms with E-state index in [4.69, 9.17) is 0 Å². The molecule has 0 atom stereocenters. The van der Waals surface area contributed by atoms with Gasteiger partial charge in [0.05, 0.1) is 10.6 Å². The Balaban J connectivity index is 1.83. The Morgan fingerprint density at radius 2 is 1.88 bits per heavy atom. The molecule has 25 heavy (non-hydrogen) atoms. The van der Waals surface area contributed by atoms with Gasteiger partial charge in [-0.25, -0.2) is 13.4 Å². The minimum atomic E-state index is -3.68. The van der Waals surface area contributed by atoms with Crippen LogP contribution in [-0.4, -0.2) is 24.2 Å². The van der Waals surface area contributed by atoms with Crippen molar-refractivity contribution in [2.45, 2.75) is 11.8 Å². The van der Waals surface area contributed by atoms with Crippen molar-refractivity contribution in [3.05, 3.63) is 65.7 Å². The number of thiazole rings is 1. The maximum absolute atomic E-state index is 12.3. The number of rotatable bonds is 5. The van der Waals surface area contributed by atoms with Crippen LogP contribution in [0, 0.1) is 0 Å². The predicted molar refractivity (Wildman–Crippen MR) is 99.3 cm³/mol. The number of aromatic hydroxyl groups is 1. The lowest BCUT2D eigenvalue weighted by atomic mass is 10.1. The number of anilines is 1. The van der Waals surface area contributed by atoms with Gasteiger partial charge in [-0.15, -0.1) is 11.3 Å². The van der Waals surface area contributed by atoms with Crippen LogP contribution in [-0.2, 0) is 10.0 Å². The molecule has 3 aromatic rings. The molecule has 2 N–H and O–H groups in total. The molecule has 3 rings (SSSR count). The van der Waals surface area contributed by atoms with Crippen molar-refractivity contribution in [3.8, 4) is 5.75 Å². The van der Waals surface area contributed by atoms with E-state index in [1.807, 2.05) is 6.07 Å². The number of aliphatic imine (C=N–C) groups is 1. The van der Waals surface area contributed by atoms with Crippen LogP contribution in [0.2, 0.25) is 0 Å². The highest BCUT2D eigenvalue weighted by molar-refractivity contribution is 7.93. The SMILES string of the molecule is CC(=Nc1ccc(S(=O)(=O)Nc2nccs2)cc1)c1ccccc1O. The fourth-order valence-corrected chi connectivity index (χ4v) is 3.97. The highest BCUT2D eigenvalue weighted by Crippen LogP contribution is 2.23. The molecule has 0 aliphatic rings. The van der Waals surface area contributed by atoms with Crippen molar-refractivity contribution in [1.29, 1.82) is 0 Å². The molecule has 0 amide bonds. The van der Waals surface area contributed by atoms with Crippen LogP contribution in [0.25, 0.3) is 0 Å². The first kappa shape index (κ1) is 17.1. The van der Waals surface area contributed by atoms with Crippen molar-refractivity contribution in [1.82, 2.24) is 4.98 Å². The number of benzene rings is 2. The summed E-state index contributed by atoms with van der Waals surface area (Å²) in [5, 5.41) is 11.9. The van der Waals surface area contributed by atoms with Crippen LogP contribution in [0.1, 0.15) is 12.5 Å². The molecule has 0 aliphatic carbocycles. The van der Waals surface area contributed by atoms with Gasteiger partial charge in [0.25, 0.3) is 10.0 Å². The summed E-state index contributed by atoms with van der Waals surface area (Å²) in [4.78, 5) is 8.46. The van der Waals surface area contributed by atoms with Gasteiger partial charge in [0, 0.05) is 22.9 Å². The van der Waals surface area contributed by atoms with E-state index in [1.54, 1.807) is 42.6 Å². The maximum atomic E-state index is 12.3. The molecule has 6 nitrogen and oxygen atoms in total. The number of nitrogens with zero attached hydrogens (tertiary/aromatic N) is 2. The first-order valence-corrected chi connectivity index (χ1v) is 9.68. The summed E-state index contributed by atoms with van der Waals surface area (Å²) in [7, 11) is -3.68. The van der Waals surface area contributed by atoms with E-state index in [-0.39, 0.29) is 10.6 Å². The zero-order chi connectivity index (χ0) is 17.9. The lowest BCUT2D eigenvalue weighted by molar-refractivity contribution is 0.474. The highest BCUT2D eigenvalue weighted by atomic mass is 32.2. The summed E-state index contributed by atoms with van der Waals surface area (Å²) >= 11 is 1.21. The van der Waals surface area contributed by atoms with Gasteiger partial charge in [0.1, 0.15) is 5.75 Å². The van der Waals surface area contributed by atoms with Crippen LogP contribution >= 0.6 is 11.3 Å². The largest absolute Gasteiger partial charge is 0.507 e.